The van der Waals surface area contributed by atoms with E-state index < -0.39 is 0 Å². The molecule has 6 heteroatoms. The van der Waals surface area contributed by atoms with Crippen molar-refractivity contribution in [1.82, 2.24) is 5.32 Å². The number of nitrogens with one attached hydrogen (secondary N) is 1. The molecule has 0 bridgehead atoms. The van der Waals surface area contributed by atoms with Crippen LogP contribution in [0.2, 0.25) is 5.02 Å². The van der Waals surface area contributed by atoms with Crippen LogP contribution in [-0.4, -0.2) is 23.5 Å². The van der Waals surface area contributed by atoms with Gasteiger partial charge in [-0.2, -0.15) is 0 Å². The number of carbonyl (C=O) groups excluding carboxylic acids is 2. The normalized spacial score (nSPS) is 10.1. The fourth-order valence-electron chi connectivity index (χ4n) is 1.42. The number of unbranched alkanes of at least 4 members (excludes halogenated alkanes) is 1. The Balaban J connectivity index is 2.39. The Morgan fingerprint density at radius 2 is 2.06 bits per heavy atom. The molecule has 0 aliphatic carbocycles. The van der Waals surface area contributed by atoms with Crippen molar-refractivity contribution >= 4 is 23.4 Å². The van der Waals surface area contributed by atoms with Gasteiger partial charge in [-0.25, -0.2) is 0 Å². The van der Waals surface area contributed by atoms with Gasteiger partial charge >= 0.3 is 0 Å². The van der Waals surface area contributed by atoms with Crippen molar-refractivity contribution in [2.45, 2.75) is 19.3 Å². The van der Waals surface area contributed by atoms with Crippen LogP contribution in [0.25, 0.3) is 0 Å². The number of nitrogens with two attached hydrogens (primary N) is 1. The van der Waals surface area contributed by atoms with Crippen molar-refractivity contribution in [3.8, 4) is 5.75 Å². The predicted molar refractivity (Wildman–Crippen MR) is 68.5 cm³/mol. The van der Waals surface area contributed by atoms with Crippen molar-refractivity contribution in [1.29, 1.82) is 0 Å². The van der Waals surface area contributed by atoms with Gasteiger partial charge in [0.2, 0.25) is 5.91 Å². The zero-order chi connectivity index (χ0) is 13.5. The molecule has 98 valence electrons. The second kappa shape index (κ2) is 6.86. The quantitative estimate of drug-likeness (QED) is 0.683. The van der Waals surface area contributed by atoms with E-state index in [0.717, 1.165) is 0 Å². The monoisotopic (exact) mass is 270 g/mol. The Morgan fingerprint density at radius 1 is 1.33 bits per heavy atom. The van der Waals surface area contributed by atoms with Gasteiger partial charge in [0, 0.05) is 18.0 Å². The second-order valence-electron chi connectivity index (χ2n) is 3.84. The van der Waals surface area contributed by atoms with Crippen molar-refractivity contribution in [3.05, 3.63) is 28.8 Å². The van der Waals surface area contributed by atoms with Crippen molar-refractivity contribution < 1.29 is 14.7 Å². The van der Waals surface area contributed by atoms with Gasteiger partial charge in [0.05, 0.1) is 5.56 Å². The smallest absolute Gasteiger partial charge is 0.255 e. The average molecular weight is 271 g/mol. The summed E-state index contributed by atoms with van der Waals surface area (Å²) in [4.78, 5) is 22.2. The molecule has 5 nitrogen and oxygen atoms in total. The molecule has 0 saturated heterocycles. The first-order valence-corrected chi connectivity index (χ1v) is 5.93. The van der Waals surface area contributed by atoms with Gasteiger partial charge in [-0.05, 0) is 31.0 Å². The van der Waals surface area contributed by atoms with E-state index in [2.05, 4.69) is 5.32 Å². The molecule has 0 fully saturated rings. The lowest BCUT2D eigenvalue weighted by molar-refractivity contribution is -0.118. The zero-order valence-electron chi connectivity index (χ0n) is 9.78. The number of rotatable bonds is 6. The standard InChI is InChI=1S/C12H15ClN2O3/c13-8-4-5-9(10(16)7-8)12(18)15-6-2-1-3-11(14)17/h4-5,7,16H,1-3,6H2,(H2,14,17)(H,15,18). The van der Waals surface area contributed by atoms with Crippen molar-refractivity contribution in [3.63, 3.8) is 0 Å². The van der Waals surface area contributed by atoms with E-state index in [1.165, 1.54) is 18.2 Å². The third-order valence-corrected chi connectivity index (χ3v) is 2.58. The van der Waals surface area contributed by atoms with Crippen LogP contribution in [0.5, 0.6) is 5.75 Å². The first-order chi connectivity index (χ1) is 8.50. The third kappa shape index (κ3) is 4.63. The molecular formula is C12H15ClN2O3. The van der Waals surface area contributed by atoms with E-state index in [0.29, 0.717) is 30.8 Å². The fourth-order valence-corrected chi connectivity index (χ4v) is 1.58. The van der Waals surface area contributed by atoms with E-state index in [4.69, 9.17) is 17.3 Å². The summed E-state index contributed by atoms with van der Waals surface area (Å²) in [5.74, 6) is -0.878. The first kappa shape index (κ1) is 14.3. The summed E-state index contributed by atoms with van der Waals surface area (Å²) >= 11 is 5.66. The topological polar surface area (TPSA) is 92.4 Å². The van der Waals surface area contributed by atoms with Gasteiger partial charge in [-0.3, -0.25) is 9.59 Å². The zero-order valence-corrected chi connectivity index (χ0v) is 10.5. The number of halogens is 1. The first-order valence-electron chi connectivity index (χ1n) is 5.55. The van der Waals surface area contributed by atoms with E-state index in [-0.39, 0.29) is 23.1 Å². The van der Waals surface area contributed by atoms with Crippen LogP contribution in [0.15, 0.2) is 18.2 Å². The van der Waals surface area contributed by atoms with Gasteiger partial charge in [0.15, 0.2) is 0 Å². The largest absolute Gasteiger partial charge is 0.507 e. The van der Waals surface area contributed by atoms with E-state index >= 15 is 0 Å². The molecular weight excluding hydrogens is 256 g/mol. The predicted octanol–water partition coefficient (Wildman–Crippen LogP) is 1.43. The summed E-state index contributed by atoms with van der Waals surface area (Å²) in [6.45, 7) is 0.425. The summed E-state index contributed by atoms with van der Waals surface area (Å²) in [6.07, 6.45) is 1.59. The van der Waals surface area contributed by atoms with Crippen LogP contribution in [0.1, 0.15) is 29.6 Å². The molecule has 0 aromatic heterocycles. The second-order valence-corrected chi connectivity index (χ2v) is 4.28. The van der Waals surface area contributed by atoms with Gasteiger partial charge in [0.25, 0.3) is 5.91 Å². The number of phenols is 1. The molecule has 0 radical (unpaired) electrons. The number of aromatic hydroxyl groups is 1. The highest BCUT2D eigenvalue weighted by Gasteiger charge is 2.10. The molecule has 1 rings (SSSR count). The number of hydrogen-bond acceptors (Lipinski definition) is 3. The van der Waals surface area contributed by atoms with Gasteiger partial charge in [0.1, 0.15) is 5.75 Å². The highest BCUT2D eigenvalue weighted by atomic mass is 35.5. The highest BCUT2D eigenvalue weighted by molar-refractivity contribution is 6.30. The van der Waals surface area contributed by atoms with Crippen molar-refractivity contribution in [2.24, 2.45) is 5.73 Å². The molecule has 0 spiro atoms. The minimum Gasteiger partial charge on any atom is -0.507 e. The Morgan fingerprint density at radius 3 is 2.67 bits per heavy atom. The number of carbonyl (C=O) groups is 2. The molecule has 1 aromatic carbocycles. The summed E-state index contributed by atoms with van der Waals surface area (Å²) in [5, 5.41) is 12.5. The van der Waals surface area contributed by atoms with Crippen LogP contribution in [-0.2, 0) is 4.79 Å². The molecule has 18 heavy (non-hydrogen) atoms. The molecule has 0 aliphatic heterocycles. The summed E-state index contributed by atoms with van der Waals surface area (Å²) in [7, 11) is 0. The number of primary amides is 1. The minimum atomic E-state index is -0.372. The molecule has 2 amide bonds. The van der Waals surface area contributed by atoms with Gasteiger partial charge in [-0.15, -0.1) is 0 Å². The van der Waals surface area contributed by atoms with Gasteiger partial charge in [-0.1, -0.05) is 11.6 Å². The van der Waals surface area contributed by atoms with Crippen molar-refractivity contribution in [2.75, 3.05) is 6.54 Å². The van der Waals surface area contributed by atoms with Crippen LogP contribution < -0.4 is 11.1 Å². The lowest BCUT2D eigenvalue weighted by Crippen LogP contribution is -2.24. The lowest BCUT2D eigenvalue weighted by Gasteiger charge is -2.06. The summed E-state index contributed by atoms with van der Waals surface area (Å²) < 4.78 is 0. The van der Waals surface area contributed by atoms with Gasteiger partial charge < -0.3 is 16.2 Å². The highest BCUT2D eigenvalue weighted by Crippen LogP contribution is 2.21. The van der Waals surface area contributed by atoms with E-state index in [1.54, 1.807) is 0 Å². The number of amides is 2. The number of phenolic OH excluding ortho intramolecular Hbond substituents is 1. The molecule has 0 aliphatic rings. The Labute approximate surface area is 110 Å². The minimum absolute atomic E-state index is 0.155. The third-order valence-electron chi connectivity index (χ3n) is 2.34. The lowest BCUT2D eigenvalue weighted by atomic mass is 10.2. The Bertz CT molecular complexity index is 449. The number of benzene rings is 1. The fraction of sp³-hybridized carbons (Fsp3) is 0.333. The molecule has 4 N–H and O–H groups in total. The molecule has 0 unspecified atom stereocenters. The van der Waals surface area contributed by atoms with E-state index in [1.807, 2.05) is 0 Å². The molecule has 0 saturated carbocycles. The molecule has 1 aromatic rings. The van der Waals surface area contributed by atoms with Crippen LogP contribution in [0.3, 0.4) is 0 Å². The van der Waals surface area contributed by atoms with E-state index in [9.17, 15) is 14.7 Å². The van der Waals surface area contributed by atoms with Crippen LogP contribution in [0.4, 0.5) is 0 Å². The summed E-state index contributed by atoms with van der Waals surface area (Å²) in [6, 6.07) is 4.29. The Kier molecular flexibility index (Phi) is 5.45. The molecule has 0 atom stereocenters. The summed E-state index contributed by atoms with van der Waals surface area (Å²) in [5.41, 5.74) is 5.16. The maximum absolute atomic E-state index is 11.7. The van der Waals surface area contributed by atoms with Crippen LogP contribution >= 0.6 is 11.6 Å². The maximum atomic E-state index is 11.7. The Hall–Kier alpha value is -1.75. The number of hydrogen-bond donors (Lipinski definition) is 3. The van der Waals surface area contributed by atoms with Crippen LogP contribution in [0, 0.1) is 0 Å². The average Bonchev–Trinajstić information content (AvgIpc) is 2.27. The maximum Gasteiger partial charge on any atom is 0.255 e. The molecule has 0 heterocycles. The SMILES string of the molecule is NC(=O)CCCCNC(=O)c1ccc(Cl)cc1O.